The third kappa shape index (κ3) is 1.91. The minimum atomic E-state index is -0.708. The number of hydrogen-bond donors (Lipinski definition) is 0. The van der Waals surface area contributed by atoms with Crippen molar-refractivity contribution in [3.05, 3.63) is 60.2 Å². The zero-order valence-electron chi connectivity index (χ0n) is 9.85. The molecule has 1 aromatic heterocycles. The van der Waals surface area contributed by atoms with Crippen LogP contribution in [0.2, 0.25) is 0 Å². The Balaban J connectivity index is 2.03. The predicted octanol–water partition coefficient (Wildman–Crippen LogP) is 1.95. The van der Waals surface area contributed by atoms with Gasteiger partial charge in [0.25, 0.3) is 5.78 Å². The molecular formula is C14H9N3O2. The number of fused-ring (bicyclic) bond motifs is 1. The van der Waals surface area contributed by atoms with Crippen molar-refractivity contribution in [3.63, 3.8) is 0 Å². The first-order chi connectivity index (χ1) is 9.27. The van der Waals surface area contributed by atoms with Gasteiger partial charge in [0.05, 0.1) is 5.52 Å². The standard InChI is InChI=1S/C14H9N3O2/c18-13(10-6-2-1-3-7-10)14(19)17-12-9-5-4-8-11(12)15-16-17/h1-9H. The fourth-order valence-corrected chi connectivity index (χ4v) is 1.83. The third-order valence-corrected chi connectivity index (χ3v) is 2.77. The maximum absolute atomic E-state index is 12.1. The van der Waals surface area contributed by atoms with Gasteiger partial charge in [-0.2, -0.15) is 4.68 Å². The molecule has 0 amide bonds. The van der Waals surface area contributed by atoms with Crippen molar-refractivity contribution in [1.29, 1.82) is 0 Å². The minimum Gasteiger partial charge on any atom is -0.283 e. The van der Waals surface area contributed by atoms with Crippen molar-refractivity contribution in [2.45, 2.75) is 0 Å². The predicted molar refractivity (Wildman–Crippen MR) is 68.9 cm³/mol. The SMILES string of the molecule is O=C(C(=O)n1nnc2ccccc21)c1ccccc1. The minimum absolute atomic E-state index is 0.340. The van der Waals surface area contributed by atoms with Crippen LogP contribution in [-0.4, -0.2) is 26.7 Å². The van der Waals surface area contributed by atoms with Crippen LogP contribution >= 0.6 is 0 Å². The van der Waals surface area contributed by atoms with Gasteiger partial charge in [-0.25, -0.2) is 0 Å². The monoisotopic (exact) mass is 251 g/mol. The number of ketones is 1. The Bertz CT molecular complexity index is 762. The van der Waals surface area contributed by atoms with E-state index in [2.05, 4.69) is 10.3 Å². The zero-order valence-corrected chi connectivity index (χ0v) is 9.85. The van der Waals surface area contributed by atoms with E-state index >= 15 is 0 Å². The van der Waals surface area contributed by atoms with E-state index in [0.29, 0.717) is 16.6 Å². The highest BCUT2D eigenvalue weighted by Crippen LogP contribution is 2.11. The van der Waals surface area contributed by atoms with Crippen LogP contribution in [0.25, 0.3) is 11.0 Å². The summed E-state index contributed by atoms with van der Waals surface area (Å²) in [5.74, 6) is -1.31. The maximum Gasteiger partial charge on any atom is 0.321 e. The van der Waals surface area contributed by atoms with Crippen LogP contribution < -0.4 is 0 Å². The van der Waals surface area contributed by atoms with E-state index in [0.717, 1.165) is 4.68 Å². The number of carbonyl (C=O) groups excluding carboxylic acids is 2. The summed E-state index contributed by atoms with van der Waals surface area (Å²) in [5, 5.41) is 7.59. The smallest absolute Gasteiger partial charge is 0.283 e. The largest absolute Gasteiger partial charge is 0.321 e. The molecule has 0 unspecified atom stereocenters. The van der Waals surface area contributed by atoms with E-state index in [9.17, 15) is 9.59 Å². The van der Waals surface area contributed by atoms with Crippen LogP contribution in [0.4, 0.5) is 0 Å². The van der Waals surface area contributed by atoms with Crippen LogP contribution in [0, 0.1) is 0 Å². The second-order valence-electron chi connectivity index (χ2n) is 3.99. The van der Waals surface area contributed by atoms with Gasteiger partial charge in [0.15, 0.2) is 0 Å². The van der Waals surface area contributed by atoms with E-state index < -0.39 is 11.7 Å². The van der Waals surface area contributed by atoms with Crippen LogP contribution in [0.1, 0.15) is 15.2 Å². The Labute approximate surface area is 108 Å². The number of Topliss-reactive ketones (excluding diaryl/α,β-unsaturated/α-hetero) is 1. The van der Waals surface area contributed by atoms with Gasteiger partial charge >= 0.3 is 5.91 Å². The molecule has 19 heavy (non-hydrogen) atoms. The number of para-hydroxylation sites is 1. The van der Waals surface area contributed by atoms with E-state index in [1.807, 2.05) is 0 Å². The summed E-state index contributed by atoms with van der Waals surface area (Å²) in [4.78, 5) is 24.2. The Morgan fingerprint density at radius 3 is 2.37 bits per heavy atom. The highest BCUT2D eigenvalue weighted by molar-refractivity contribution is 6.44. The number of nitrogens with zero attached hydrogens (tertiary/aromatic N) is 3. The first-order valence-electron chi connectivity index (χ1n) is 5.72. The van der Waals surface area contributed by atoms with Gasteiger partial charge in [-0.1, -0.05) is 47.7 Å². The lowest BCUT2D eigenvalue weighted by Gasteiger charge is -2.00. The number of aromatic nitrogens is 3. The molecule has 3 aromatic rings. The van der Waals surface area contributed by atoms with Gasteiger partial charge in [0.1, 0.15) is 5.52 Å². The van der Waals surface area contributed by atoms with Gasteiger partial charge in [0, 0.05) is 5.56 Å². The van der Waals surface area contributed by atoms with Gasteiger partial charge in [-0.3, -0.25) is 9.59 Å². The Hall–Kier alpha value is -2.82. The van der Waals surface area contributed by atoms with Crippen LogP contribution in [0.15, 0.2) is 54.6 Å². The topological polar surface area (TPSA) is 64.8 Å². The first-order valence-corrected chi connectivity index (χ1v) is 5.72. The summed E-state index contributed by atoms with van der Waals surface area (Å²) in [6.07, 6.45) is 0. The van der Waals surface area contributed by atoms with Crippen LogP contribution in [0.5, 0.6) is 0 Å². The van der Waals surface area contributed by atoms with Gasteiger partial charge in [0.2, 0.25) is 0 Å². The number of carbonyl (C=O) groups is 2. The average Bonchev–Trinajstić information content (AvgIpc) is 2.90. The molecule has 2 aromatic carbocycles. The molecule has 0 radical (unpaired) electrons. The molecule has 0 fully saturated rings. The summed E-state index contributed by atoms with van der Waals surface area (Å²) in [5.41, 5.74) is 1.44. The molecule has 92 valence electrons. The highest BCUT2D eigenvalue weighted by Gasteiger charge is 2.21. The van der Waals surface area contributed by atoms with E-state index in [1.165, 1.54) is 0 Å². The summed E-state index contributed by atoms with van der Waals surface area (Å²) < 4.78 is 1.03. The zero-order chi connectivity index (χ0) is 13.2. The molecule has 5 heteroatoms. The van der Waals surface area contributed by atoms with Gasteiger partial charge in [-0.05, 0) is 12.1 Å². The third-order valence-electron chi connectivity index (χ3n) is 2.77. The quantitative estimate of drug-likeness (QED) is 0.516. The Morgan fingerprint density at radius 2 is 1.58 bits per heavy atom. The Morgan fingerprint density at radius 1 is 0.895 bits per heavy atom. The maximum atomic E-state index is 12.1. The molecule has 3 rings (SSSR count). The molecule has 0 saturated heterocycles. The molecule has 1 heterocycles. The summed E-state index contributed by atoms with van der Waals surface area (Å²) in [7, 11) is 0. The van der Waals surface area contributed by atoms with Crippen molar-refractivity contribution < 1.29 is 9.59 Å². The van der Waals surface area contributed by atoms with Crippen molar-refractivity contribution in [2.75, 3.05) is 0 Å². The fraction of sp³-hybridized carbons (Fsp3) is 0. The number of rotatable bonds is 2. The lowest BCUT2D eigenvalue weighted by Crippen LogP contribution is -2.23. The van der Waals surface area contributed by atoms with Crippen LogP contribution in [0.3, 0.4) is 0 Å². The molecule has 0 N–H and O–H groups in total. The van der Waals surface area contributed by atoms with E-state index in [4.69, 9.17) is 0 Å². The van der Waals surface area contributed by atoms with Crippen LogP contribution in [-0.2, 0) is 0 Å². The number of hydrogen-bond acceptors (Lipinski definition) is 4. The molecule has 0 atom stereocenters. The second kappa shape index (κ2) is 4.45. The van der Waals surface area contributed by atoms with E-state index in [1.54, 1.807) is 54.6 Å². The number of benzene rings is 2. The molecule has 0 aliphatic heterocycles. The van der Waals surface area contributed by atoms with Gasteiger partial charge in [-0.15, -0.1) is 5.10 Å². The lowest BCUT2D eigenvalue weighted by molar-refractivity contribution is 0.0756. The fourth-order valence-electron chi connectivity index (χ4n) is 1.83. The molecule has 0 saturated carbocycles. The highest BCUT2D eigenvalue weighted by atomic mass is 16.2. The van der Waals surface area contributed by atoms with E-state index in [-0.39, 0.29) is 0 Å². The Kier molecular flexibility index (Phi) is 2.64. The van der Waals surface area contributed by atoms with Crippen molar-refractivity contribution >= 4 is 22.7 Å². The van der Waals surface area contributed by atoms with Crippen molar-refractivity contribution in [2.24, 2.45) is 0 Å². The molecule has 0 aliphatic carbocycles. The molecule has 0 spiro atoms. The summed E-state index contributed by atoms with van der Waals surface area (Å²) in [6, 6.07) is 15.4. The average molecular weight is 251 g/mol. The van der Waals surface area contributed by atoms with Crippen molar-refractivity contribution in [1.82, 2.24) is 15.0 Å². The molecule has 0 aliphatic rings. The molecular weight excluding hydrogens is 242 g/mol. The van der Waals surface area contributed by atoms with Crippen molar-refractivity contribution in [3.8, 4) is 0 Å². The first kappa shape index (κ1) is 11.3. The summed E-state index contributed by atoms with van der Waals surface area (Å²) >= 11 is 0. The normalized spacial score (nSPS) is 10.5. The molecule has 0 bridgehead atoms. The van der Waals surface area contributed by atoms with Gasteiger partial charge < -0.3 is 0 Å². The summed E-state index contributed by atoms with van der Waals surface area (Å²) in [6.45, 7) is 0. The lowest BCUT2D eigenvalue weighted by atomic mass is 10.1. The second-order valence-corrected chi connectivity index (χ2v) is 3.99. The molecule has 5 nitrogen and oxygen atoms in total.